The Morgan fingerprint density at radius 1 is 0.938 bits per heavy atom. The second-order valence-electron chi connectivity index (χ2n) is 3.55. The maximum atomic E-state index is 12.5. The van der Waals surface area contributed by atoms with Crippen LogP contribution in [-0.4, -0.2) is 14.1 Å². The molecule has 1 nitrogen and oxygen atoms in total. The zero-order chi connectivity index (χ0) is 11.8. The summed E-state index contributed by atoms with van der Waals surface area (Å²) in [6, 6.07) is 8.79. The highest BCUT2D eigenvalue weighted by Crippen LogP contribution is 2.21. The van der Waals surface area contributed by atoms with Crippen LogP contribution in [0.15, 0.2) is 36.4 Å². The van der Waals surface area contributed by atoms with Crippen LogP contribution in [0.5, 0.6) is 5.75 Å². The van der Waals surface area contributed by atoms with Crippen LogP contribution in [-0.2, 0) is 0 Å². The van der Waals surface area contributed by atoms with Crippen molar-refractivity contribution < 1.29 is 17.7 Å². The Balaban J connectivity index is 2.59. The van der Waals surface area contributed by atoms with Gasteiger partial charge in [-0.05, 0) is 22.9 Å². The molecule has 0 saturated carbocycles. The quantitative estimate of drug-likeness (QED) is 0.714. The molecule has 0 radical (unpaired) electrons. The van der Waals surface area contributed by atoms with Crippen LogP contribution in [0.4, 0.5) is 12.9 Å². The molecular formula is C11H9BF3O-. The van der Waals surface area contributed by atoms with Gasteiger partial charge in [-0.1, -0.05) is 24.3 Å². The molecule has 0 aliphatic rings. The maximum Gasteiger partial charge on any atom is 0.509 e. The molecule has 0 spiro atoms. The van der Waals surface area contributed by atoms with Crippen molar-refractivity contribution in [3.63, 3.8) is 0 Å². The highest BCUT2D eigenvalue weighted by molar-refractivity contribution is 6.73. The van der Waals surface area contributed by atoms with E-state index in [1.165, 1.54) is 13.2 Å². The van der Waals surface area contributed by atoms with Gasteiger partial charge in [0.1, 0.15) is 5.75 Å². The van der Waals surface area contributed by atoms with E-state index in [4.69, 9.17) is 4.74 Å². The van der Waals surface area contributed by atoms with Gasteiger partial charge in [0.25, 0.3) is 0 Å². The first-order chi connectivity index (χ1) is 7.50. The molecule has 0 aromatic heterocycles. The van der Waals surface area contributed by atoms with Crippen LogP contribution >= 0.6 is 0 Å². The average molecular weight is 225 g/mol. The third-order valence-corrected chi connectivity index (χ3v) is 2.45. The Kier molecular flexibility index (Phi) is 2.54. The summed E-state index contributed by atoms with van der Waals surface area (Å²) in [5, 5.41) is 1.31. The van der Waals surface area contributed by atoms with Gasteiger partial charge in [-0.15, -0.1) is 5.46 Å². The first-order valence-corrected chi connectivity index (χ1v) is 4.78. The first-order valence-electron chi connectivity index (χ1n) is 4.78. The van der Waals surface area contributed by atoms with E-state index in [1.54, 1.807) is 18.2 Å². The lowest BCUT2D eigenvalue weighted by Crippen LogP contribution is -2.33. The fourth-order valence-corrected chi connectivity index (χ4v) is 1.57. The highest BCUT2D eigenvalue weighted by atomic mass is 19.4. The molecule has 16 heavy (non-hydrogen) atoms. The molecule has 0 unspecified atom stereocenters. The molecule has 0 amide bonds. The number of benzene rings is 2. The van der Waals surface area contributed by atoms with Crippen molar-refractivity contribution in [1.82, 2.24) is 0 Å². The average Bonchev–Trinajstić information content (AvgIpc) is 2.26. The summed E-state index contributed by atoms with van der Waals surface area (Å²) in [6.07, 6.45) is 0. The molecule has 0 bridgehead atoms. The Bertz CT molecular complexity index is 522. The van der Waals surface area contributed by atoms with Gasteiger partial charge in [-0.25, -0.2) is 0 Å². The molecule has 2 aromatic rings. The lowest BCUT2D eigenvalue weighted by Gasteiger charge is -2.15. The van der Waals surface area contributed by atoms with Crippen molar-refractivity contribution >= 4 is 23.2 Å². The minimum atomic E-state index is -4.94. The van der Waals surface area contributed by atoms with E-state index in [0.29, 0.717) is 11.1 Å². The lowest BCUT2D eigenvalue weighted by atomic mass is 9.79. The highest BCUT2D eigenvalue weighted by Gasteiger charge is 2.25. The van der Waals surface area contributed by atoms with E-state index in [0.717, 1.165) is 17.5 Å². The maximum absolute atomic E-state index is 12.5. The van der Waals surface area contributed by atoms with Crippen molar-refractivity contribution in [3.05, 3.63) is 36.4 Å². The normalized spacial score (nSPS) is 11.8. The molecule has 2 aromatic carbocycles. The SMILES string of the molecule is COc1ccc2ccc([B-](F)(F)F)cc2c1. The smallest absolute Gasteiger partial charge is 0.497 e. The number of methoxy groups -OCH3 is 1. The van der Waals surface area contributed by atoms with Crippen molar-refractivity contribution in [2.75, 3.05) is 7.11 Å². The topological polar surface area (TPSA) is 9.23 Å². The van der Waals surface area contributed by atoms with E-state index in [-0.39, 0.29) is 0 Å². The van der Waals surface area contributed by atoms with Gasteiger partial charge in [0.05, 0.1) is 7.11 Å². The number of hydrogen-bond donors (Lipinski definition) is 0. The van der Waals surface area contributed by atoms with E-state index in [9.17, 15) is 12.9 Å². The van der Waals surface area contributed by atoms with Crippen LogP contribution < -0.4 is 10.2 Å². The minimum Gasteiger partial charge on any atom is -0.497 e. The fourth-order valence-electron chi connectivity index (χ4n) is 1.57. The Hall–Kier alpha value is -1.65. The summed E-state index contributed by atoms with van der Waals surface area (Å²) >= 11 is 0. The molecule has 84 valence electrons. The third-order valence-electron chi connectivity index (χ3n) is 2.45. The van der Waals surface area contributed by atoms with E-state index < -0.39 is 12.4 Å². The van der Waals surface area contributed by atoms with E-state index in [1.807, 2.05) is 0 Å². The molecule has 5 heteroatoms. The van der Waals surface area contributed by atoms with Gasteiger partial charge < -0.3 is 17.7 Å². The zero-order valence-electron chi connectivity index (χ0n) is 8.58. The van der Waals surface area contributed by atoms with Gasteiger partial charge in [0.15, 0.2) is 0 Å². The zero-order valence-corrected chi connectivity index (χ0v) is 8.58. The number of rotatable bonds is 2. The molecular weight excluding hydrogens is 216 g/mol. The largest absolute Gasteiger partial charge is 0.509 e. The summed E-state index contributed by atoms with van der Waals surface area (Å²) in [6.45, 7) is -4.94. The van der Waals surface area contributed by atoms with Gasteiger partial charge in [-0.2, -0.15) is 0 Å². The van der Waals surface area contributed by atoms with E-state index in [2.05, 4.69) is 0 Å². The van der Waals surface area contributed by atoms with Crippen LogP contribution in [0.3, 0.4) is 0 Å². The lowest BCUT2D eigenvalue weighted by molar-refractivity contribution is 0.415. The minimum absolute atomic E-state index is 0.538. The molecule has 0 saturated heterocycles. The van der Waals surface area contributed by atoms with Gasteiger partial charge in [0.2, 0.25) is 0 Å². The van der Waals surface area contributed by atoms with Crippen LogP contribution in [0.2, 0.25) is 0 Å². The van der Waals surface area contributed by atoms with Crippen molar-refractivity contribution in [3.8, 4) is 5.75 Å². The molecule has 2 rings (SSSR count). The molecule has 0 heterocycles. The van der Waals surface area contributed by atoms with Crippen molar-refractivity contribution in [2.24, 2.45) is 0 Å². The van der Waals surface area contributed by atoms with Gasteiger partial charge >= 0.3 is 6.98 Å². The molecule has 0 atom stereocenters. The number of ether oxygens (including phenoxy) is 1. The fraction of sp³-hybridized carbons (Fsp3) is 0.0909. The number of hydrogen-bond acceptors (Lipinski definition) is 1. The molecule has 0 aliphatic heterocycles. The van der Waals surface area contributed by atoms with Gasteiger partial charge in [0, 0.05) is 0 Å². The predicted octanol–water partition coefficient (Wildman–Crippen LogP) is 2.90. The molecule has 0 aliphatic carbocycles. The Labute approximate surface area is 90.9 Å². The number of halogens is 3. The van der Waals surface area contributed by atoms with Crippen molar-refractivity contribution in [1.29, 1.82) is 0 Å². The summed E-state index contributed by atoms with van der Waals surface area (Å²) in [4.78, 5) is 0. The summed E-state index contributed by atoms with van der Waals surface area (Å²) in [7, 11) is 1.48. The summed E-state index contributed by atoms with van der Waals surface area (Å²) in [5.41, 5.74) is -0.583. The third kappa shape index (κ3) is 1.98. The van der Waals surface area contributed by atoms with E-state index >= 15 is 0 Å². The van der Waals surface area contributed by atoms with Crippen LogP contribution in [0.1, 0.15) is 0 Å². The second-order valence-corrected chi connectivity index (χ2v) is 3.55. The predicted molar refractivity (Wildman–Crippen MR) is 59.2 cm³/mol. The summed E-state index contributed by atoms with van der Waals surface area (Å²) < 4.78 is 42.6. The van der Waals surface area contributed by atoms with Crippen LogP contribution in [0, 0.1) is 0 Å². The molecule has 0 N–H and O–H groups in total. The Morgan fingerprint density at radius 3 is 2.25 bits per heavy atom. The summed E-state index contributed by atoms with van der Waals surface area (Å²) in [5.74, 6) is 0.555. The second kappa shape index (κ2) is 3.74. The molecule has 0 fully saturated rings. The van der Waals surface area contributed by atoms with Gasteiger partial charge in [-0.3, -0.25) is 0 Å². The van der Waals surface area contributed by atoms with Crippen molar-refractivity contribution in [2.45, 2.75) is 0 Å². The van der Waals surface area contributed by atoms with Crippen LogP contribution in [0.25, 0.3) is 10.8 Å². The first kappa shape index (κ1) is 10.9. The monoisotopic (exact) mass is 225 g/mol. The standard InChI is InChI=1S/C11H9BF3O/c1-16-11-5-3-8-2-4-10(12(13,14)15)6-9(8)7-11/h2-7H,1H3/q-1. The number of fused-ring (bicyclic) bond motifs is 1. The Morgan fingerprint density at radius 2 is 1.62 bits per heavy atom.